The number of pyridine rings is 1. The number of para-hydroxylation sites is 1. The van der Waals surface area contributed by atoms with Crippen LogP contribution in [0.5, 0.6) is 0 Å². The lowest BCUT2D eigenvalue weighted by atomic mass is 10.2. The number of hydrogen-bond donors (Lipinski definition) is 0. The Bertz CT molecular complexity index is 734. The van der Waals surface area contributed by atoms with E-state index in [1.54, 1.807) is 11.3 Å². The topological polar surface area (TPSA) is 25.8 Å². The lowest BCUT2D eigenvalue weighted by Crippen LogP contribution is -1.90. The second-order valence-electron chi connectivity index (χ2n) is 4.74. The highest BCUT2D eigenvalue weighted by Gasteiger charge is 2.13. The summed E-state index contributed by atoms with van der Waals surface area (Å²) in [4.78, 5) is 9.25. The summed E-state index contributed by atoms with van der Waals surface area (Å²) in [6.45, 7) is 4.27. The zero-order valence-corrected chi connectivity index (χ0v) is 12.3. The number of thiazole rings is 1. The molecule has 0 N–H and O–H groups in total. The fraction of sp³-hybridized carbons (Fsp3) is 0.200. The van der Waals surface area contributed by atoms with E-state index in [1.807, 2.05) is 30.3 Å². The summed E-state index contributed by atoms with van der Waals surface area (Å²) in [7, 11) is 0. The third-order valence-corrected chi connectivity index (χ3v) is 4.15. The van der Waals surface area contributed by atoms with Crippen molar-refractivity contribution in [1.29, 1.82) is 0 Å². The SMILES string of the molecule is CC(C)c1csc(-c2nc3ccccc3cc2Cl)n1. The van der Waals surface area contributed by atoms with Gasteiger partial charge >= 0.3 is 0 Å². The first-order valence-corrected chi connectivity index (χ1v) is 7.42. The van der Waals surface area contributed by atoms with Crippen LogP contribution in [0.4, 0.5) is 0 Å². The largest absolute Gasteiger partial charge is 0.244 e. The highest BCUT2D eigenvalue weighted by molar-refractivity contribution is 7.13. The number of benzene rings is 1. The maximum absolute atomic E-state index is 6.33. The van der Waals surface area contributed by atoms with Crippen LogP contribution in [0.25, 0.3) is 21.6 Å². The summed E-state index contributed by atoms with van der Waals surface area (Å²) in [6.07, 6.45) is 0. The third kappa shape index (κ3) is 2.36. The van der Waals surface area contributed by atoms with Gasteiger partial charge in [0, 0.05) is 10.8 Å². The van der Waals surface area contributed by atoms with Gasteiger partial charge < -0.3 is 0 Å². The average Bonchev–Trinajstić information content (AvgIpc) is 2.87. The van der Waals surface area contributed by atoms with Gasteiger partial charge in [0.25, 0.3) is 0 Å². The Balaban J connectivity index is 2.15. The minimum atomic E-state index is 0.421. The summed E-state index contributed by atoms with van der Waals surface area (Å²) >= 11 is 7.93. The van der Waals surface area contributed by atoms with Crippen LogP contribution in [0, 0.1) is 0 Å². The van der Waals surface area contributed by atoms with E-state index < -0.39 is 0 Å². The van der Waals surface area contributed by atoms with Crippen LogP contribution in [0.2, 0.25) is 5.02 Å². The van der Waals surface area contributed by atoms with Crippen LogP contribution in [-0.4, -0.2) is 9.97 Å². The van der Waals surface area contributed by atoms with Crippen molar-refractivity contribution >= 4 is 33.8 Å². The monoisotopic (exact) mass is 288 g/mol. The van der Waals surface area contributed by atoms with Crippen molar-refractivity contribution in [3.8, 4) is 10.7 Å². The summed E-state index contributed by atoms with van der Waals surface area (Å²) in [6, 6.07) is 9.93. The molecule has 2 aromatic heterocycles. The maximum Gasteiger partial charge on any atom is 0.143 e. The first kappa shape index (κ1) is 12.6. The molecule has 0 saturated carbocycles. The van der Waals surface area contributed by atoms with E-state index in [9.17, 15) is 0 Å². The van der Waals surface area contributed by atoms with E-state index in [0.717, 1.165) is 27.3 Å². The third-order valence-electron chi connectivity index (χ3n) is 2.99. The fourth-order valence-electron chi connectivity index (χ4n) is 1.90. The highest BCUT2D eigenvalue weighted by atomic mass is 35.5. The van der Waals surface area contributed by atoms with Gasteiger partial charge in [-0.05, 0) is 18.1 Å². The van der Waals surface area contributed by atoms with Gasteiger partial charge in [-0.15, -0.1) is 11.3 Å². The lowest BCUT2D eigenvalue weighted by molar-refractivity contribution is 0.834. The zero-order chi connectivity index (χ0) is 13.4. The Labute approximate surface area is 121 Å². The molecule has 0 atom stereocenters. The smallest absolute Gasteiger partial charge is 0.143 e. The molecular formula is C15H13ClN2S. The Morgan fingerprint density at radius 3 is 2.68 bits per heavy atom. The van der Waals surface area contributed by atoms with Gasteiger partial charge in [0.1, 0.15) is 10.7 Å². The molecule has 2 heterocycles. The molecule has 0 bridgehead atoms. The number of hydrogen-bond acceptors (Lipinski definition) is 3. The summed E-state index contributed by atoms with van der Waals surface area (Å²) < 4.78 is 0. The molecular weight excluding hydrogens is 276 g/mol. The predicted octanol–water partition coefficient (Wildman–Crippen LogP) is 5.14. The van der Waals surface area contributed by atoms with Gasteiger partial charge in [0.05, 0.1) is 16.2 Å². The Morgan fingerprint density at radius 1 is 1.16 bits per heavy atom. The van der Waals surface area contributed by atoms with Crippen LogP contribution >= 0.6 is 22.9 Å². The molecule has 19 heavy (non-hydrogen) atoms. The molecule has 0 aliphatic heterocycles. The molecule has 0 aliphatic carbocycles. The number of rotatable bonds is 2. The quantitative estimate of drug-likeness (QED) is 0.653. The van der Waals surface area contributed by atoms with Gasteiger partial charge in [-0.25, -0.2) is 9.97 Å². The summed E-state index contributed by atoms with van der Waals surface area (Å²) in [5.74, 6) is 0.421. The van der Waals surface area contributed by atoms with Crippen molar-refractivity contribution in [3.63, 3.8) is 0 Å². The fourth-order valence-corrected chi connectivity index (χ4v) is 3.19. The molecule has 1 aromatic carbocycles. The number of halogens is 1. The first-order valence-electron chi connectivity index (χ1n) is 6.16. The first-order chi connectivity index (χ1) is 9.15. The van der Waals surface area contributed by atoms with E-state index in [1.165, 1.54) is 0 Å². The van der Waals surface area contributed by atoms with Crippen LogP contribution in [0.3, 0.4) is 0 Å². The van der Waals surface area contributed by atoms with Crippen molar-refractivity contribution in [2.75, 3.05) is 0 Å². The van der Waals surface area contributed by atoms with Gasteiger partial charge in [0.2, 0.25) is 0 Å². The zero-order valence-electron chi connectivity index (χ0n) is 10.7. The van der Waals surface area contributed by atoms with Gasteiger partial charge in [0.15, 0.2) is 0 Å². The van der Waals surface area contributed by atoms with E-state index in [2.05, 4.69) is 29.2 Å². The molecule has 0 spiro atoms. The van der Waals surface area contributed by atoms with E-state index in [0.29, 0.717) is 10.9 Å². The molecule has 0 fully saturated rings. The van der Waals surface area contributed by atoms with E-state index >= 15 is 0 Å². The van der Waals surface area contributed by atoms with Crippen molar-refractivity contribution in [3.05, 3.63) is 46.4 Å². The van der Waals surface area contributed by atoms with Crippen molar-refractivity contribution < 1.29 is 0 Å². The standard InChI is InChI=1S/C15H13ClN2S/c1-9(2)13-8-19-15(18-13)14-11(16)7-10-5-3-4-6-12(10)17-14/h3-9H,1-2H3. The van der Waals surface area contributed by atoms with Crippen LogP contribution < -0.4 is 0 Å². The van der Waals surface area contributed by atoms with Crippen LogP contribution in [0.15, 0.2) is 35.7 Å². The predicted molar refractivity (Wildman–Crippen MR) is 82.0 cm³/mol. The van der Waals surface area contributed by atoms with Gasteiger partial charge in [-0.3, -0.25) is 0 Å². The Morgan fingerprint density at radius 2 is 1.95 bits per heavy atom. The molecule has 3 aromatic rings. The molecule has 0 aliphatic rings. The molecule has 96 valence electrons. The van der Waals surface area contributed by atoms with Gasteiger partial charge in [-0.2, -0.15) is 0 Å². The summed E-state index contributed by atoms with van der Waals surface area (Å²) in [5.41, 5.74) is 2.81. The minimum absolute atomic E-state index is 0.421. The molecule has 0 radical (unpaired) electrons. The highest BCUT2D eigenvalue weighted by Crippen LogP contribution is 2.32. The number of fused-ring (bicyclic) bond motifs is 1. The van der Waals surface area contributed by atoms with Crippen molar-refractivity contribution in [2.45, 2.75) is 19.8 Å². The minimum Gasteiger partial charge on any atom is -0.244 e. The Kier molecular flexibility index (Phi) is 3.25. The van der Waals surface area contributed by atoms with Crippen LogP contribution in [-0.2, 0) is 0 Å². The second kappa shape index (κ2) is 4.91. The van der Waals surface area contributed by atoms with E-state index in [-0.39, 0.29) is 0 Å². The van der Waals surface area contributed by atoms with Crippen LogP contribution in [0.1, 0.15) is 25.5 Å². The van der Waals surface area contributed by atoms with E-state index in [4.69, 9.17) is 11.6 Å². The maximum atomic E-state index is 6.33. The molecule has 3 rings (SSSR count). The molecule has 0 unspecified atom stereocenters. The van der Waals surface area contributed by atoms with Crippen molar-refractivity contribution in [1.82, 2.24) is 9.97 Å². The average molecular weight is 289 g/mol. The second-order valence-corrected chi connectivity index (χ2v) is 6.01. The molecule has 4 heteroatoms. The Hall–Kier alpha value is -1.45. The molecule has 0 saturated heterocycles. The number of nitrogens with zero attached hydrogens (tertiary/aromatic N) is 2. The molecule has 0 amide bonds. The number of aromatic nitrogens is 2. The normalized spacial score (nSPS) is 11.4. The van der Waals surface area contributed by atoms with Crippen molar-refractivity contribution in [2.24, 2.45) is 0 Å². The van der Waals surface area contributed by atoms with Gasteiger partial charge in [-0.1, -0.05) is 43.6 Å². The lowest BCUT2D eigenvalue weighted by Gasteiger charge is -2.03. The molecule has 2 nitrogen and oxygen atoms in total. The summed E-state index contributed by atoms with van der Waals surface area (Å²) in [5, 5.41) is 4.67.